The zero-order chi connectivity index (χ0) is 41.3. The predicted octanol–water partition coefficient (Wildman–Crippen LogP) is 16.4. The zero-order valence-corrected chi connectivity index (χ0v) is 35.2. The minimum Gasteiger partial charge on any atom is -0.310 e. The second-order valence-electron chi connectivity index (χ2n) is 18.1. The molecule has 1 heterocycles. The molecule has 0 N–H and O–H groups in total. The smallest absolute Gasteiger partial charge is 0.0547 e. The summed E-state index contributed by atoms with van der Waals surface area (Å²) >= 11 is 0. The largest absolute Gasteiger partial charge is 0.310 e. The Morgan fingerprint density at radius 1 is 0.410 bits per heavy atom. The Hall–Kier alpha value is -7.16. The van der Waals surface area contributed by atoms with Gasteiger partial charge in [0.1, 0.15) is 0 Å². The first kappa shape index (κ1) is 36.9. The van der Waals surface area contributed by atoms with Crippen molar-refractivity contribution in [3.63, 3.8) is 0 Å². The SMILES string of the molecule is CC1(C)CC(C)(C)c2c(-n3c4ccccc4c4ccc(-c5ccccc5N(c5ccc(-c6ccccc6)cc5)c5cccc(-c6ccc7ccccc7c6)c5)cc43)cccc21. The Morgan fingerprint density at radius 2 is 1.05 bits per heavy atom. The molecule has 0 aliphatic heterocycles. The molecule has 11 rings (SSSR count). The highest BCUT2D eigenvalue weighted by atomic mass is 15.1. The molecule has 1 aromatic heterocycles. The molecule has 0 unspecified atom stereocenters. The summed E-state index contributed by atoms with van der Waals surface area (Å²) in [4.78, 5) is 2.43. The zero-order valence-electron chi connectivity index (χ0n) is 35.2. The van der Waals surface area contributed by atoms with Crippen LogP contribution < -0.4 is 4.90 Å². The molecule has 0 spiro atoms. The van der Waals surface area contributed by atoms with Gasteiger partial charge >= 0.3 is 0 Å². The van der Waals surface area contributed by atoms with E-state index in [2.05, 4.69) is 243 Å². The highest BCUT2D eigenvalue weighted by Gasteiger charge is 2.43. The summed E-state index contributed by atoms with van der Waals surface area (Å²) in [6.07, 6.45) is 1.12. The van der Waals surface area contributed by atoms with Crippen LogP contribution in [0.5, 0.6) is 0 Å². The summed E-state index contributed by atoms with van der Waals surface area (Å²) in [6, 6.07) is 75.9. The Balaban J connectivity index is 1.11. The molecule has 0 saturated heterocycles. The average molecular weight is 785 g/mol. The fourth-order valence-corrected chi connectivity index (χ4v) is 10.7. The maximum atomic E-state index is 2.55. The molecule has 0 bridgehead atoms. The normalized spacial score (nSPS) is 14.1. The Bertz CT molecular complexity index is 3270. The third-order valence-corrected chi connectivity index (χ3v) is 13.1. The number of rotatable bonds is 7. The van der Waals surface area contributed by atoms with E-state index in [0.29, 0.717) is 0 Å². The van der Waals surface area contributed by atoms with Gasteiger partial charge in [0.15, 0.2) is 0 Å². The highest BCUT2D eigenvalue weighted by molar-refractivity contribution is 6.11. The third-order valence-electron chi connectivity index (χ3n) is 13.1. The fourth-order valence-electron chi connectivity index (χ4n) is 10.7. The van der Waals surface area contributed by atoms with Crippen LogP contribution in [0.25, 0.3) is 71.6 Å². The number of anilines is 3. The van der Waals surface area contributed by atoms with Gasteiger partial charge < -0.3 is 9.47 Å². The monoisotopic (exact) mass is 784 g/mol. The average Bonchev–Trinajstić information content (AvgIpc) is 3.73. The van der Waals surface area contributed by atoms with E-state index in [1.165, 1.54) is 82.8 Å². The molecular weight excluding hydrogens is 737 g/mol. The number of benzene rings is 9. The molecule has 0 saturated carbocycles. The van der Waals surface area contributed by atoms with Crippen molar-refractivity contribution in [2.24, 2.45) is 0 Å². The molecule has 0 radical (unpaired) electrons. The molecule has 10 aromatic rings. The summed E-state index contributed by atoms with van der Waals surface area (Å²) in [5, 5.41) is 5.03. The van der Waals surface area contributed by atoms with E-state index in [4.69, 9.17) is 0 Å². The maximum Gasteiger partial charge on any atom is 0.0547 e. The van der Waals surface area contributed by atoms with Crippen molar-refractivity contribution in [3.05, 3.63) is 217 Å². The summed E-state index contributed by atoms with van der Waals surface area (Å²) in [5.41, 5.74) is 17.3. The second kappa shape index (κ2) is 14.2. The van der Waals surface area contributed by atoms with E-state index in [1.807, 2.05) is 0 Å². The van der Waals surface area contributed by atoms with Gasteiger partial charge in [-0.2, -0.15) is 0 Å². The molecule has 1 aliphatic rings. The van der Waals surface area contributed by atoms with Gasteiger partial charge in [0.25, 0.3) is 0 Å². The topological polar surface area (TPSA) is 8.17 Å². The number of para-hydroxylation sites is 2. The van der Waals surface area contributed by atoms with E-state index in [1.54, 1.807) is 0 Å². The lowest BCUT2D eigenvalue weighted by Crippen LogP contribution is -2.18. The molecular formula is C59H48N2. The second-order valence-corrected chi connectivity index (χ2v) is 18.1. The van der Waals surface area contributed by atoms with E-state index >= 15 is 0 Å². The molecule has 294 valence electrons. The number of hydrogen-bond donors (Lipinski definition) is 0. The molecule has 1 aliphatic carbocycles. The van der Waals surface area contributed by atoms with Crippen molar-refractivity contribution in [1.29, 1.82) is 0 Å². The quantitative estimate of drug-likeness (QED) is 0.156. The van der Waals surface area contributed by atoms with Crippen molar-refractivity contribution in [2.45, 2.75) is 44.9 Å². The van der Waals surface area contributed by atoms with Crippen LogP contribution in [-0.2, 0) is 10.8 Å². The van der Waals surface area contributed by atoms with Crippen LogP contribution in [0.2, 0.25) is 0 Å². The van der Waals surface area contributed by atoms with Gasteiger partial charge in [-0.25, -0.2) is 0 Å². The molecule has 9 aromatic carbocycles. The molecule has 61 heavy (non-hydrogen) atoms. The summed E-state index contributed by atoms with van der Waals surface area (Å²) in [6.45, 7) is 9.67. The van der Waals surface area contributed by atoms with Crippen LogP contribution in [-0.4, -0.2) is 4.57 Å². The van der Waals surface area contributed by atoms with Gasteiger partial charge in [-0.1, -0.05) is 179 Å². The molecule has 0 atom stereocenters. The summed E-state index contributed by atoms with van der Waals surface area (Å²) < 4.78 is 2.55. The van der Waals surface area contributed by atoms with Crippen LogP contribution >= 0.6 is 0 Å². The van der Waals surface area contributed by atoms with Gasteiger partial charge in [0, 0.05) is 27.7 Å². The first-order chi connectivity index (χ1) is 29.7. The maximum absolute atomic E-state index is 2.55. The van der Waals surface area contributed by atoms with Gasteiger partial charge in [-0.3, -0.25) is 0 Å². The highest BCUT2D eigenvalue weighted by Crippen LogP contribution is 2.52. The summed E-state index contributed by atoms with van der Waals surface area (Å²) in [5.74, 6) is 0. The molecule has 0 fully saturated rings. The van der Waals surface area contributed by atoms with Crippen molar-refractivity contribution >= 4 is 49.6 Å². The van der Waals surface area contributed by atoms with E-state index in [-0.39, 0.29) is 10.8 Å². The predicted molar refractivity (Wildman–Crippen MR) is 260 cm³/mol. The number of hydrogen-bond acceptors (Lipinski definition) is 1. The first-order valence-corrected chi connectivity index (χ1v) is 21.6. The summed E-state index contributed by atoms with van der Waals surface area (Å²) in [7, 11) is 0. The van der Waals surface area contributed by atoms with Crippen LogP contribution in [0.4, 0.5) is 17.1 Å². The van der Waals surface area contributed by atoms with Crippen molar-refractivity contribution < 1.29 is 0 Å². The lowest BCUT2D eigenvalue weighted by atomic mass is 9.81. The van der Waals surface area contributed by atoms with E-state index in [9.17, 15) is 0 Å². The number of aromatic nitrogens is 1. The van der Waals surface area contributed by atoms with Crippen molar-refractivity contribution in [3.8, 4) is 39.1 Å². The lowest BCUT2D eigenvalue weighted by molar-refractivity contribution is 0.403. The van der Waals surface area contributed by atoms with Crippen LogP contribution in [0, 0.1) is 0 Å². The number of nitrogens with zero attached hydrogens (tertiary/aromatic N) is 2. The Morgan fingerprint density at radius 3 is 1.90 bits per heavy atom. The van der Waals surface area contributed by atoms with Gasteiger partial charge in [0.05, 0.1) is 22.4 Å². The van der Waals surface area contributed by atoms with Crippen molar-refractivity contribution in [2.75, 3.05) is 4.90 Å². The molecule has 2 nitrogen and oxygen atoms in total. The Labute approximate surface area is 359 Å². The first-order valence-electron chi connectivity index (χ1n) is 21.6. The molecule has 2 heteroatoms. The van der Waals surface area contributed by atoms with Crippen LogP contribution in [0.1, 0.15) is 45.2 Å². The van der Waals surface area contributed by atoms with Crippen molar-refractivity contribution in [1.82, 2.24) is 4.57 Å². The van der Waals surface area contributed by atoms with Gasteiger partial charge in [-0.15, -0.1) is 0 Å². The van der Waals surface area contributed by atoms with Crippen LogP contribution in [0.3, 0.4) is 0 Å². The van der Waals surface area contributed by atoms with Gasteiger partial charge in [0.2, 0.25) is 0 Å². The minimum absolute atomic E-state index is 0.0370. The number of fused-ring (bicyclic) bond motifs is 5. The van der Waals surface area contributed by atoms with Crippen LogP contribution in [0.15, 0.2) is 206 Å². The standard InChI is InChI=1S/C59H48N2/c1-58(2)39-59(3,4)57-52(58)24-15-27-55(57)61-54-26-13-11-23-50(54)51-35-32-46(38-56(51)61)49-22-10-12-25-53(49)60(47-33-30-42(31-34-47)40-16-6-5-7-17-40)48-21-14-20-44(37-48)45-29-28-41-18-8-9-19-43(41)36-45/h5-38H,39H2,1-4H3. The van der Waals surface area contributed by atoms with E-state index < -0.39 is 0 Å². The minimum atomic E-state index is 0.0370. The third kappa shape index (κ3) is 6.25. The molecule has 0 amide bonds. The Kier molecular flexibility index (Phi) is 8.61. The van der Waals surface area contributed by atoms with Gasteiger partial charge in [-0.05, 0) is 122 Å². The fraction of sp³-hybridized carbons (Fsp3) is 0.119. The lowest BCUT2D eigenvalue weighted by Gasteiger charge is -2.28. The van der Waals surface area contributed by atoms with E-state index in [0.717, 1.165) is 23.5 Å².